The van der Waals surface area contributed by atoms with Crippen LogP contribution in [0.2, 0.25) is 0 Å². The summed E-state index contributed by atoms with van der Waals surface area (Å²) in [5.41, 5.74) is 7.54. The van der Waals surface area contributed by atoms with Gasteiger partial charge in [-0.25, -0.2) is 0 Å². The van der Waals surface area contributed by atoms with Crippen LogP contribution < -0.4 is 11.1 Å². The highest BCUT2D eigenvalue weighted by Gasteiger charge is 2.01. The van der Waals surface area contributed by atoms with Crippen LogP contribution in [-0.4, -0.2) is 6.54 Å². The molecule has 0 aliphatic heterocycles. The fourth-order valence-electron chi connectivity index (χ4n) is 1.48. The number of benzene rings is 1. The summed E-state index contributed by atoms with van der Waals surface area (Å²) in [7, 11) is 0. The molecule has 17 heavy (non-hydrogen) atoms. The minimum Gasteiger partial charge on any atom is -0.399 e. The van der Waals surface area contributed by atoms with Crippen molar-refractivity contribution >= 4 is 54.6 Å². The number of hydrogen-bond acceptors (Lipinski definition) is 3. The van der Waals surface area contributed by atoms with Gasteiger partial charge in [0.15, 0.2) is 0 Å². The molecule has 0 atom stereocenters. The van der Waals surface area contributed by atoms with Crippen molar-refractivity contribution < 1.29 is 0 Å². The Bertz CT molecular complexity index is 511. The Kier molecular flexibility index (Phi) is 4.48. The predicted molar refractivity (Wildman–Crippen MR) is 82.8 cm³/mol. The van der Waals surface area contributed by atoms with E-state index in [4.69, 9.17) is 5.73 Å². The second kappa shape index (κ2) is 5.89. The molecule has 2 nitrogen and oxygen atoms in total. The largest absolute Gasteiger partial charge is 0.399 e. The van der Waals surface area contributed by atoms with Crippen LogP contribution in [-0.2, 0) is 6.42 Å². The first-order chi connectivity index (χ1) is 8.15. The Hall–Kier alpha value is -0.520. The van der Waals surface area contributed by atoms with Crippen molar-refractivity contribution in [3.8, 4) is 0 Å². The van der Waals surface area contributed by atoms with E-state index in [-0.39, 0.29) is 0 Å². The van der Waals surface area contributed by atoms with Gasteiger partial charge in [0.1, 0.15) is 0 Å². The molecule has 2 rings (SSSR count). The lowest BCUT2D eigenvalue weighted by Gasteiger charge is -2.08. The molecule has 0 amide bonds. The molecule has 0 spiro atoms. The number of hydrogen-bond donors (Lipinski definition) is 2. The van der Waals surface area contributed by atoms with E-state index in [2.05, 4.69) is 49.3 Å². The normalized spacial score (nSPS) is 10.5. The molecule has 0 aliphatic carbocycles. The van der Waals surface area contributed by atoms with Gasteiger partial charge in [-0.1, -0.05) is 0 Å². The lowest BCUT2D eigenvalue weighted by molar-refractivity contribution is 1.04. The van der Waals surface area contributed by atoms with Crippen LogP contribution in [0.15, 0.2) is 38.6 Å². The molecule has 0 bridgehead atoms. The first-order valence-electron chi connectivity index (χ1n) is 5.18. The van der Waals surface area contributed by atoms with Crippen LogP contribution >= 0.6 is 43.2 Å². The van der Waals surface area contributed by atoms with Gasteiger partial charge in [-0.15, -0.1) is 11.3 Å². The zero-order valence-electron chi connectivity index (χ0n) is 9.04. The Morgan fingerprint density at radius 2 is 2.00 bits per heavy atom. The monoisotopic (exact) mass is 374 g/mol. The van der Waals surface area contributed by atoms with Crippen LogP contribution in [0.4, 0.5) is 11.4 Å². The standard InChI is InChI=1S/C12H12Br2N2S/c13-10-7-8(15)1-3-11(10)16-6-5-9-2-4-12(14)17-9/h1-4,7,16H,5-6,15H2. The minimum atomic E-state index is 0.768. The minimum absolute atomic E-state index is 0.768. The quantitative estimate of drug-likeness (QED) is 0.771. The van der Waals surface area contributed by atoms with E-state index >= 15 is 0 Å². The van der Waals surface area contributed by atoms with Crippen molar-refractivity contribution in [1.82, 2.24) is 0 Å². The fraction of sp³-hybridized carbons (Fsp3) is 0.167. The van der Waals surface area contributed by atoms with Crippen molar-refractivity contribution in [2.45, 2.75) is 6.42 Å². The van der Waals surface area contributed by atoms with Gasteiger partial charge >= 0.3 is 0 Å². The highest BCUT2D eigenvalue weighted by molar-refractivity contribution is 9.11. The molecule has 5 heteroatoms. The van der Waals surface area contributed by atoms with Crippen molar-refractivity contribution in [1.29, 1.82) is 0 Å². The van der Waals surface area contributed by atoms with Gasteiger partial charge < -0.3 is 11.1 Å². The number of nitrogens with one attached hydrogen (secondary N) is 1. The number of thiophene rings is 1. The average Bonchev–Trinajstić information content (AvgIpc) is 2.68. The third kappa shape index (κ3) is 3.72. The second-order valence-electron chi connectivity index (χ2n) is 3.62. The first kappa shape index (κ1) is 12.9. The number of nitrogens with two attached hydrogens (primary N) is 1. The van der Waals surface area contributed by atoms with E-state index in [1.807, 2.05) is 18.2 Å². The second-order valence-corrected chi connectivity index (χ2v) is 7.02. The lowest BCUT2D eigenvalue weighted by atomic mass is 10.2. The zero-order chi connectivity index (χ0) is 12.3. The fourth-order valence-corrected chi connectivity index (χ4v) is 3.50. The Balaban J connectivity index is 1.90. The Labute approximate surface area is 121 Å². The van der Waals surface area contributed by atoms with Crippen LogP contribution in [0.25, 0.3) is 0 Å². The van der Waals surface area contributed by atoms with Gasteiger partial charge in [-0.2, -0.15) is 0 Å². The molecular weight excluding hydrogens is 364 g/mol. The topological polar surface area (TPSA) is 38.0 Å². The molecule has 1 heterocycles. The number of anilines is 2. The summed E-state index contributed by atoms with van der Waals surface area (Å²) in [6, 6.07) is 10.0. The highest BCUT2D eigenvalue weighted by Crippen LogP contribution is 2.25. The van der Waals surface area contributed by atoms with Crippen molar-refractivity contribution in [2.75, 3.05) is 17.6 Å². The smallest absolute Gasteiger partial charge is 0.0701 e. The van der Waals surface area contributed by atoms with E-state index in [1.54, 1.807) is 11.3 Å². The molecule has 0 radical (unpaired) electrons. The SMILES string of the molecule is Nc1ccc(NCCc2ccc(Br)s2)c(Br)c1. The molecule has 3 N–H and O–H groups in total. The molecule has 2 aromatic rings. The maximum absolute atomic E-state index is 5.69. The summed E-state index contributed by atoms with van der Waals surface area (Å²) < 4.78 is 2.19. The summed E-state index contributed by atoms with van der Waals surface area (Å²) >= 11 is 8.73. The summed E-state index contributed by atoms with van der Waals surface area (Å²) in [5.74, 6) is 0. The maximum Gasteiger partial charge on any atom is 0.0701 e. The molecule has 0 aliphatic rings. The molecule has 0 fully saturated rings. The number of nitrogen functional groups attached to an aromatic ring is 1. The zero-order valence-corrected chi connectivity index (χ0v) is 13.0. The van der Waals surface area contributed by atoms with E-state index in [0.717, 1.165) is 28.8 Å². The van der Waals surface area contributed by atoms with Gasteiger partial charge in [0.2, 0.25) is 0 Å². The van der Waals surface area contributed by atoms with E-state index in [1.165, 1.54) is 8.66 Å². The van der Waals surface area contributed by atoms with E-state index in [0.29, 0.717) is 0 Å². The van der Waals surface area contributed by atoms with Crippen LogP contribution in [0, 0.1) is 0 Å². The van der Waals surface area contributed by atoms with Gasteiger partial charge in [-0.3, -0.25) is 0 Å². The lowest BCUT2D eigenvalue weighted by Crippen LogP contribution is -2.04. The summed E-state index contributed by atoms with van der Waals surface area (Å²) in [6.07, 6.45) is 1.02. The number of halogens is 2. The van der Waals surface area contributed by atoms with Crippen molar-refractivity contribution in [3.63, 3.8) is 0 Å². The van der Waals surface area contributed by atoms with Gasteiger partial charge in [0.25, 0.3) is 0 Å². The molecule has 1 aromatic carbocycles. The highest BCUT2D eigenvalue weighted by atomic mass is 79.9. The average molecular weight is 376 g/mol. The van der Waals surface area contributed by atoms with Crippen molar-refractivity contribution in [3.05, 3.63) is 43.5 Å². The molecule has 0 unspecified atom stereocenters. The molecule has 1 aromatic heterocycles. The number of rotatable bonds is 4. The summed E-state index contributed by atoms with van der Waals surface area (Å²) in [4.78, 5) is 1.37. The summed E-state index contributed by atoms with van der Waals surface area (Å²) in [5, 5.41) is 3.39. The van der Waals surface area contributed by atoms with E-state index < -0.39 is 0 Å². The van der Waals surface area contributed by atoms with Crippen LogP contribution in [0.5, 0.6) is 0 Å². The maximum atomic E-state index is 5.69. The predicted octanol–water partition coefficient (Wildman–Crippen LogP) is 4.51. The Morgan fingerprint density at radius 1 is 1.18 bits per heavy atom. The molecule has 0 saturated heterocycles. The van der Waals surface area contributed by atoms with E-state index in [9.17, 15) is 0 Å². The van der Waals surface area contributed by atoms with Crippen LogP contribution in [0.1, 0.15) is 4.88 Å². The van der Waals surface area contributed by atoms with Gasteiger partial charge in [-0.05, 0) is 68.6 Å². The van der Waals surface area contributed by atoms with Crippen LogP contribution in [0.3, 0.4) is 0 Å². The third-order valence-electron chi connectivity index (χ3n) is 2.31. The van der Waals surface area contributed by atoms with Gasteiger partial charge in [0, 0.05) is 27.3 Å². The van der Waals surface area contributed by atoms with Crippen molar-refractivity contribution in [2.24, 2.45) is 0 Å². The third-order valence-corrected chi connectivity index (χ3v) is 4.65. The first-order valence-corrected chi connectivity index (χ1v) is 7.58. The Morgan fingerprint density at radius 3 is 2.65 bits per heavy atom. The van der Waals surface area contributed by atoms with Gasteiger partial charge in [0.05, 0.1) is 3.79 Å². The molecule has 0 saturated carbocycles. The summed E-state index contributed by atoms with van der Waals surface area (Å²) in [6.45, 7) is 0.912. The molecular formula is C12H12Br2N2S. The molecule has 90 valence electrons.